The van der Waals surface area contributed by atoms with Gasteiger partial charge in [0.2, 0.25) is 94.5 Å². The maximum absolute atomic E-state index is 15.2. The second kappa shape index (κ2) is 58.4. The molecule has 3 rings (SSSR count). The average molecular weight is 1800 g/mol. The van der Waals surface area contributed by atoms with Crippen molar-refractivity contribution in [1.29, 1.82) is 0 Å². The summed E-state index contributed by atoms with van der Waals surface area (Å²) in [5.41, 5.74) is 44.6. The van der Waals surface area contributed by atoms with Gasteiger partial charge in [-0.2, -0.15) is 0 Å². The SMILES string of the molecule is CC[C@H](C)[C@H](NC(=O)[C@H](CCCCN)NC(=O)[C@H](CCCCN)NC(=O)[C@H](Cc1c[nH]c2ccccc12)NC(=O)[C@H](CC(N)=O)NC(=O)[C@@H](N)C(C)C)C(=O)N[C@@H](CC(C)C)C(=O)NCC(=O)N[C@@H](CCCCN)C(=O)N[C@@]1(C)CCC/C=C\CCC[C@@](C)(C(=O)N[C@@H](CCCCN)C(N)=O)NC(=O)[C@H](C(C)C)NC(=O)[C@H](CCCCN)NC(=O)[C@H]([C@@H](C)CC)NC1=O. The fourth-order valence-electron chi connectivity index (χ4n) is 14.7. The summed E-state index contributed by atoms with van der Waals surface area (Å²) in [7, 11) is 0. The van der Waals surface area contributed by atoms with Gasteiger partial charge in [0, 0.05) is 23.5 Å². The van der Waals surface area contributed by atoms with E-state index < -0.39 is 209 Å². The van der Waals surface area contributed by atoms with Gasteiger partial charge in [0.1, 0.15) is 77.5 Å². The Bertz CT molecular complexity index is 3950. The van der Waals surface area contributed by atoms with Crippen molar-refractivity contribution >= 4 is 105 Å². The molecule has 1 aromatic heterocycles. The molecule has 0 aliphatic carbocycles. The summed E-state index contributed by atoms with van der Waals surface area (Å²) in [5.74, 6) is -15.2. The molecule has 722 valence electrons. The van der Waals surface area contributed by atoms with Crippen LogP contribution in [0.4, 0.5) is 0 Å². The summed E-state index contributed by atoms with van der Waals surface area (Å²) in [5, 5.41) is 39.4. The quantitative estimate of drug-likeness (QED) is 0.0296. The summed E-state index contributed by atoms with van der Waals surface area (Å²) in [6.45, 7) is 20.9. The highest BCUT2D eigenvalue weighted by Crippen LogP contribution is 2.25. The zero-order chi connectivity index (χ0) is 96.0. The van der Waals surface area contributed by atoms with E-state index in [-0.39, 0.29) is 102 Å². The molecule has 16 amide bonds. The number of aromatic nitrogens is 1. The summed E-state index contributed by atoms with van der Waals surface area (Å²) in [4.78, 5) is 232. The molecule has 39 nitrogen and oxygen atoms in total. The van der Waals surface area contributed by atoms with Gasteiger partial charge >= 0.3 is 0 Å². The highest BCUT2D eigenvalue weighted by molar-refractivity contribution is 6.02. The van der Waals surface area contributed by atoms with E-state index in [1.165, 1.54) is 13.8 Å². The first-order chi connectivity index (χ1) is 60.6. The molecule has 1 aromatic carbocycles. The fourth-order valence-corrected chi connectivity index (χ4v) is 14.7. The van der Waals surface area contributed by atoms with Crippen molar-refractivity contribution < 1.29 is 76.7 Å². The van der Waals surface area contributed by atoms with E-state index in [1.54, 1.807) is 93.6 Å². The average Bonchev–Trinajstić information content (AvgIpc) is 1.43. The minimum atomic E-state index is -1.80. The second-order valence-electron chi connectivity index (χ2n) is 35.5. The Morgan fingerprint density at radius 2 is 1.02 bits per heavy atom. The lowest BCUT2D eigenvalue weighted by molar-refractivity contribution is -0.139. The molecule has 0 saturated heterocycles. The van der Waals surface area contributed by atoms with Crippen LogP contribution in [-0.4, -0.2) is 222 Å². The monoisotopic (exact) mass is 1800 g/mol. The standard InChI is InChI=1S/C89H155N23O16/c1-13-55(9)72(109-78(119)62(37-23-30-44-92)101-76(117)61(36-22-29-43-91)102-79(120)66(48-57-50-98-59-34-20-19-33-58(57)59)104-80(121)67(49-68(95)113)105-82(123)70(96)53(5)6)83(124)106-65(47-52(3)4)75(116)99-51-69(114)100-64(39-25-32-46-94)81(122)111-89(12)41-27-18-16-15-17-26-40-88(11,86(127)107-60(74(97)115)35-21-28-42-90)112-85(126)71(54(7)8)108-77(118)63(38-24-31-45-93)103-84(125)73(56(10)14-2)110-87(89)128/h15-16,19-20,33-34,50,52-56,60-67,70-73,98H,13-14,17-18,21-32,35-49,51,90-94,96H2,1-12H3,(H2,95,113)(H2,97,115)(H,99,116)(H,100,114)(H,101,117)(H,102,120)(H,103,125)(H,104,121)(H,105,123)(H,106,124)(H,107,127)(H,108,118)(H,109,119)(H,110,128)(H,111,122)(H,112,126)/b16-15-/t55-,56-,60-,61-,62-,63-,64-,65-,66-,67-,70-,71-,72-,73-,88-,89-/m0/s1. The molecule has 1 aliphatic rings. The van der Waals surface area contributed by atoms with Crippen LogP contribution < -0.4 is 120 Å². The normalized spacial score (nSPS) is 20.3. The van der Waals surface area contributed by atoms with Crippen molar-refractivity contribution in [2.45, 2.75) is 334 Å². The molecule has 0 fully saturated rings. The van der Waals surface area contributed by atoms with Gasteiger partial charge in [-0.1, -0.05) is 112 Å². The number of carbonyl (C=O) groups is 16. The van der Waals surface area contributed by atoms with E-state index in [0.29, 0.717) is 119 Å². The van der Waals surface area contributed by atoms with Gasteiger partial charge in [0.25, 0.3) is 0 Å². The van der Waals surface area contributed by atoms with Crippen LogP contribution >= 0.6 is 0 Å². The number of primary amides is 2. The zero-order valence-corrected chi connectivity index (χ0v) is 77.6. The van der Waals surface area contributed by atoms with Gasteiger partial charge in [-0.25, -0.2) is 0 Å². The van der Waals surface area contributed by atoms with Crippen molar-refractivity contribution in [2.24, 2.45) is 75.5 Å². The lowest BCUT2D eigenvalue weighted by Gasteiger charge is -2.35. The summed E-state index contributed by atoms with van der Waals surface area (Å²) in [6.07, 6.45) is 10.9. The third kappa shape index (κ3) is 38.6. The topological polar surface area (TPSA) is 665 Å². The van der Waals surface area contributed by atoms with Crippen molar-refractivity contribution in [3.8, 4) is 0 Å². The largest absolute Gasteiger partial charge is 0.370 e. The lowest BCUT2D eigenvalue weighted by atomic mass is 9.90. The maximum Gasteiger partial charge on any atom is 0.246 e. The van der Waals surface area contributed by atoms with E-state index in [4.69, 9.17) is 45.9 Å². The molecular weight excluding hydrogens is 1650 g/mol. The van der Waals surface area contributed by atoms with Crippen molar-refractivity contribution in [1.82, 2.24) is 79.4 Å². The first-order valence-electron chi connectivity index (χ1n) is 45.9. The first kappa shape index (κ1) is 112. The van der Waals surface area contributed by atoms with E-state index in [2.05, 4.69) is 79.4 Å². The number of nitrogens with two attached hydrogens (primary N) is 8. The number of para-hydroxylation sites is 1. The molecule has 2 heterocycles. The summed E-state index contributed by atoms with van der Waals surface area (Å²) < 4.78 is 0. The molecular formula is C89H155N23O16. The Hall–Kier alpha value is -10.2. The van der Waals surface area contributed by atoms with Crippen LogP contribution in [-0.2, 0) is 83.1 Å². The highest BCUT2D eigenvalue weighted by Gasteiger charge is 2.44. The summed E-state index contributed by atoms with van der Waals surface area (Å²) >= 11 is 0. The van der Waals surface area contributed by atoms with Crippen LogP contribution in [0.5, 0.6) is 0 Å². The third-order valence-corrected chi connectivity index (χ3v) is 23.4. The van der Waals surface area contributed by atoms with Crippen LogP contribution in [0.25, 0.3) is 10.9 Å². The molecule has 0 bridgehead atoms. The number of amides is 16. The summed E-state index contributed by atoms with van der Waals surface area (Å²) in [6, 6.07) is -8.56. The number of benzene rings is 1. The van der Waals surface area contributed by atoms with Gasteiger partial charge in [-0.15, -0.1) is 0 Å². The first-order valence-corrected chi connectivity index (χ1v) is 45.9. The molecule has 39 heteroatoms. The van der Waals surface area contributed by atoms with Crippen LogP contribution in [0.2, 0.25) is 0 Å². The van der Waals surface area contributed by atoms with E-state index in [9.17, 15) is 71.9 Å². The van der Waals surface area contributed by atoms with Crippen molar-refractivity contribution in [2.75, 3.05) is 39.3 Å². The Morgan fingerprint density at radius 3 is 1.55 bits per heavy atom. The van der Waals surface area contributed by atoms with E-state index in [0.717, 1.165) is 0 Å². The lowest BCUT2D eigenvalue weighted by Crippen LogP contribution is -2.65. The van der Waals surface area contributed by atoms with Crippen LogP contribution in [0.3, 0.4) is 0 Å². The predicted octanol–water partition coefficient (Wildman–Crippen LogP) is -0.397. The van der Waals surface area contributed by atoms with Crippen LogP contribution in [0.1, 0.15) is 249 Å². The molecule has 0 spiro atoms. The highest BCUT2D eigenvalue weighted by atomic mass is 16.2. The number of fused-ring (bicyclic) bond motifs is 1. The molecule has 128 heavy (non-hydrogen) atoms. The molecule has 1 aliphatic heterocycles. The third-order valence-electron chi connectivity index (χ3n) is 23.4. The van der Waals surface area contributed by atoms with Gasteiger partial charge in [-0.05, 0) is 229 Å². The van der Waals surface area contributed by atoms with E-state index in [1.807, 2.05) is 18.2 Å². The molecule has 0 radical (unpaired) electrons. The number of hydrogen-bond donors (Lipinski definition) is 23. The Morgan fingerprint density at radius 1 is 0.508 bits per heavy atom. The zero-order valence-electron chi connectivity index (χ0n) is 77.6. The minimum absolute atomic E-state index is 0.000471. The van der Waals surface area contributed by atoms with E-state index >= 15 is 4.79 Å². The Labute approximate surface area is 754 Å². The molecule has 31 N–H and O–H groups in total. The van der Waals surface area contributed by atoms with Gasteiger partial charge in [0.05, 0.1) is 19.0 Å². The number of aromatic amines is 1. The number of allylic oxidation sites excluding steroid dienone is 2. The number of rotatable bonds is 53. The van der Waals surface area contributed by atoms with Gasteiger partial charge in [-0.3, -0.25) is 76.7 Å². The predicted molar refractivity (Wildman–Crippen MR) is 490 cm³/mol. The van der Waals surface area contributed by atoms with Gasteiger partial charge in [0.15, 0.2) is 0 Å². The van der Waals surface area contributed by atoms with Crippen LogP contribution in [0, 0.1) is 29.6 Å². The number of H-pyrrole nitrogens is 1. The Balaban J connectivity index is 2.02. The fraction of sp³-hybridized carbons (Fsp3) is 0.708. The number of hydrogen-bond acceptors (Lipinski definition) is 22. The number of carbonyl (C=O) groups excluding carboxylic acids is 16. The minimum Gasteiger partial charge on any atom is -0.370 e. The van der Waals surface area contributed by atoms with Crippen molar-refractivity contribution in [3.63, 3.8) is 0 Å². The number of nitrogens with one attached hydrogen (secondary N) is 15. The van der Waals surface area contributed by atoms with Gasteiger partial charge < -0.3 is 125 Å². The van der Waals surface area contributed by atoms with Crippen LogP contribution in [0.15, 0.2) is 42.6 Å². The Kier molecular flexibility index (Phi) is 51.0. The van der Waals surface area contributed by atoms with Crippen molar-refractivity contribution in [3.05, 3.63) is 48.2 Å². The maximum atomic E-state index is 15.2. The molecule has 2 aromatic rings. The molecule has 0 saturated carbocycles. The molecule has 16 atom stereocenters. The smallest absolute Gasteiger partial charge is 0.246 e. The molecule has 0 unspecified atom stereocenters. The number of unbranched alkanes of at least 4 members (excludes halogenated alkanes) is 5. The second-order valence-corrected chi connectivity index (χ2v) is 35.5.